The number of benzene rings is 1. The number of para-hydroxylation sites is 1. The topological polar surface area (TPSA) is 30.5 Å². The predicted octanol–water partition coefficient (Wildman–Crippen LogP) is 3.45. The molecule has 0 aliphatic heterocycles. The first-order valence-corrected chi connectivity index (χ1v) is 7.57. The average molecular weight is 279 g/mol. The molecule has 114 valence electrons. The van der Waals surface area contributed by atoms with E-state index in [4.69, 9.17) is 9.47 Å². The van der Waals surface area contributed by atoms with Crippen LogP contribution in [0.1, 0.15) is 38.2 Å². The van der Waals surface area contributed by atoms with E-state index >= 15 is 0 Å². The maximum absolute atomic E-state index is 5.53. The van der Waals surface area contributed by atoms with Gasteiger partial charge in [0.05, 0.1) is 13.7 Å². The molecule has 0 radical (unpaired) electrons. The van der Waals surface area contributed by atoms with Crippen LogP contribution in [0.4, 0.5) is 0 Å². The summed E-state index contributed by atoms with van der Waals surface area (Å²) in [5.41, 5.74) is 1.31. The fourth-order valence-corrected chi connectivity index (χ4v) is 2.68. The Bertz CT molecular complexity index is 368. The van der Waals surface area contributed by atoms with E-state index in [-0.39, 0.29) is 0 Å². The molecule has 0 heterocycles. The molecule has 2 atom stereocenters. The van der Waals surface area contributed by atoms with Crippen molar-refractivity contribution in [1.29, 1.82) is 0 Å². The Kier molecular flexibility index (Phi) is 8.31. The van der Waals surface area contributed by atoms with E-state index < -0.39 is 0 Å². The highest BCUT2D eigenvalue weighted by molar-refractivity contribution is 5.36. The molecule has 0 bridgehead atoms. The third-order valence-electron chi connectivity index (χ3n) is 3.82. The molecule has 1 aromatic carbocycles. The van der Waals surface area contributed by atoms with Gasteiger partial charge in [0.1, 0.15) is 5.75 Å². The maximum atomic E-state index is 5.53. The van der Waals surface area contributed by atoms with Crippen molar-refractivity contribution < 1.29 is 9.47 Å². The largest absolute Gasteiger partial charge is 0.496 e. The Hall–Kier alpha value is -1.06. The van der Waals surface area contributed by atoms with E-state index in [0.717, 1.165) is 25.4 Å². The van der Waals surface area contributed by atoms with Crippen molar-refractivity contribution in [2.75, 3.05) is 33.9 Å². The molecule has 0 amide bonds. The smallest absolute Gasteiger partial charge is 0.122 e. The van der Waals surface area contributed by atoms with Gasteiger partial charge in [-0.1, -0.05) is 44.9 Å². The minimum atomic E-state index is 0.475. The number of hydrogen-bond acceptors (Lipinski definition) is 3. The van der Waals surface area contributed by atoms with Crippen LogP contribution in [0.2, 0.25) is 0 Å². The first-order valence-electron chi connectivity index (χ1n) is 7.57. The summed E-state index contributed by atoms with van der Waals surface area (Å²) in [6, 6.07) is 8.37. The molecule has 3 heteroatoms. The van der Waals surface area contributed by atoms with Crippen molar-refractivity contribution in [2.45, 2.75) is 32.6 Å². The summed E-state index contributed by atoms with van der Waals surface area (Å²) in [4.78, 5) is 0. The van der Waals surface area contributed by atoms with Crippen molar-refractivity contribution in [3.05, 3.63) is 29.8 Å². The summed E-state index contributed by atoms with van der Waals surface area (Å²) >= 11 is 0. The lowest BCUT2D eigenvalue weighted by molar-refractivity contribution is 0.197. The minimum Gasteiger partial charge on any atom is -0.496 e. The van der Waals surface area contributed by atoms with Gasteiger partial charge in [0, 0.05) is 26.1 Å². The summed E-state index contributed by atoms with van der Waals surface area (Å²) in [7, 11) is 3.48. The van der Waals surface area contributed by atoms with Crippen LogP contribution in [0.15, 0.2) is 24.3 Å². The molecule has 0 aliphatic rings. The first-order chi connectivity index (χ1) is 9.74. The molecule has 0 fully saturated rings. The second-order valence-corrected chi connectivity index (χ2v) is 5.31. The lowest BCUT2D eigenvalue weighted by Gasteiger charge is -2.26. The zero-order valence-electron chi connectivity index (χ0n) is 13.3. The number of ether oxygens (including phenoxy) is 2. The van der Waals surface area contributed by atoms with Crippen molar-refractivity contribution in [1.82, 2.24) is 5.32 Å². The van der Waals surface area contributed by atoms with Crippen LogP contribution in [0.3, 0.4) is 0 Å². The molecule has 1 aromatic rings. The Balaban J connectivity index is 2.79. The summed E-state index contributed by atoms with van der Waals surface area (Å²) in [6.07, 6.45) is 2.44. The lowest BCUT2D eigenvalue weighted by Crippen LogP contribution is -2.28. The van der Waals surface area contributed by atoms with Crippen LogP contribution in [0, 0.1) is 5.92 Å². The highest BCUT2D eigenvalue weighted by atomic mass is 16.5. The average Bonchev–Trinajstić information content (AvgIpc) is 2.47. The number of hydrogen-bond donors (Lipinski definition) is 1. The Labute approximate surface area is 123 Å². The molecule has 1 N–H and O–H groups in total. The van der Waals surface area contributed by atoms with E-state index in [0.29, 0.717) is 11.8 Å². The SMILES string of the molecule is CCCC(C)C(CNCCOC)c1ccccc1OC. The third-order valence-corrected chi connectivity index (χ3v) is 3.82. The van der Waals surface area contributed by atoms with Gasteiger partial charge in [0.25, 0.3) is 0 Å². The molecule has 3 nitrogen and oxygen atoms in total. The lowest BCUT2D eigenvalue weighted by atomic mass is 9.84. The summed E-state index contributed by atoms with van der Waals surface area (Å²) < 4.78 is 10.6. The molecule has 20 heavy (non-hydrogen) atoms. The fourth-order valence-electron chi connectivity index (χ4n) is 2.68. The molecule has 1 rings (SSSR count). The van der Waals surface area contributed by atoms with Gasteiger partial charge in [-0.05, 0) is 17.5 Å². The summed E-state index contributed by atoms with van der Waals surface area (Å²) in [5, 5.41) is 3.49. The van der Waals surface area contributed by atoms with Gasteiger partial charge in [0.2, 0.25) is 0 Å². The van der Waals surface area contributed by atoms with E-state index in [1.165, 1.54) is 18.4 Å². The molecule has 0 aromatic heterocycles. The van der Waals surface area contributed by atoms with Crippen molar-refractivity contribution in [2.24, 2.45) is 5.92 Å². The Morgan fingerprint density at radius 2 is 1.95 bits per heavy atom. The number of methoxy groups -OCH3 is 2. The van der Waals surface area contributed by atoms with Crippen molar-refractivity contribution in [3.63, 3.8) is 0 Å². The van der Waals surface area contributed by atoms with Crippen molar-refractivity contribution in [3.8, 4) is 5.75 Å². The predicted molar refractivity (Wildman–Crippen MR) is 84.6 cm³/mol. The van der Waals surface area contributed by atoms with Crippen LogP contribution >= 0.6 is 0 Å². The monoisotopic (exact) mass is 279 g/mol. The van der Waals surface area contributed by atoms with E-state index in [1.54, 1.807) is 14.2 Å². The first kappa shape index (κ1) is 17.0. The van der Waals surface area contributed by atoms with E-state index in [2.05, 4.69) is 37.4 Å². The van der Waals surface area contributed by atoms with Crippen LogP contribution in [-0.4, -0.2) is 33.9 Å². The zero-order chi connectivity index (χ0) is 14.8. The standard InChI is InChI=1S/C17H29NO2/c1-5-8-14(2)16(13-18-11-12-19-3)15-9-6-7-10-17(15)20-4/h6-7,9-10,14,16,18H,5,8,11-13H2,1-4H3. The van der Waals surface area contributed by atoms with Crippen LogP contribution in [-0.2, 0) is 4.74 Å². The van der Waals surface area contributed by atoms with Gasteiger partial charge < -0.3 is 14.8 Å². The highest BCUT2D eigenvalue weighted by Crippen LogP contribution is 2.33. The number of rotatable bonds is 10. The normalized spacial score (nSPS) is 14.0. The second-order valence-electron chi connectivity index (χ2n) is 5.31. The molecule has 0 spiro atoms. The van der Waals surface area contributed by atoms with Gasteiger partial charge in [-0.15, -0.1) is 0 Å². The maximum Gasteiger partial charge on any atom is 0.122 e. The second kappa shape index (κ2) is 9.78. The fraction of sp³-hybridized carbons (Fsp3) is 0.647. The Morgan fingerprint density at radius 3 is 2.60 bits per heavy atom. The summed E-state index contributed by atoms with van der Waals surface area (Å²) in [5.74, 6) is 2.10. The van der Waals surface area contributed by atoms with Crippen LogP contribution < -0.4 is 10.1 Å². The molecular weight excluding hydrogens is 250 g/mol. The zero-order valence-corrected chi connectivity index (χ0v) is 13.3. The molecule has 2 unspecified atom stereocenters. The molecular formula is C17H29NO2. The third kappa shape index (κ3) is 5.14. The van der Waals surface area contributed by atoms with Crippen LogP contribution in [0.5, 0.6) is 5.75 Å². The van der Waals surface area contributed by atoms with Gasteiger partial charge >= 0.3 is 0 Å². The molecule has 0 saturated carbocycles. The quantitative estimate of drug-likeness (QED) is 0.665. The van der Waals surface area contributed by atoms with Crippen LogP contribution in [0.25, 0.3) is 0 Å². The van der Waals surface area contributed by atoms with E-state index in [9.17, 15) is 0 Å². The van der Waals surface area contributed by atoms with E-state index in [1.807, 2.05) is 6.07 Å². The van der Waals surface area contributed by atoms with Gasteiger partial charge in [0.15, 0.2) is 0 Å². The number of nitrogens with one attached hydrogen (secondary N) is 1. The van der Waals surface area contributed by atoms with Gasteiger partial charge in [-0.2, -0.15) is 0 Å². The summed E-state index contributed by atoms with van der Waals surface area (Å²) in [6.45, 7) is 7.18. The Morgan fingerprint density at radius 1 is 1.20 bits per heavy atom. The minimum absolute atomic E-state index is 0.475. The highest BCUT2D eigenvalue weighted by Gasteiger charge is 2.21. The van der Waals surface area contributed by atoms with Crippen molar-refractivity contribution >= 4 is 0 Å². The molecule has 0 saturated heterocycles. The van der Waals surface area contributed by atoms with Gasteiger partial charge in [-0.3, -0.25) is 0 Å². The van der Waals surface area contributed by atoms with Gasteiger partial charge in [-0.25, -0.2) is 0 Å². The molecule has 0 aliphatic carbocycles.